The van der Waals surface area contributed by atoms with Gasteiger partial charge in [0, 0.05) is 27.1 Å². The van der Waals surface area contributed by atoms with Crippen LogP contribution in [0.1, 0.15) is 37.3 Å². The van der Waals surface area contributed by atoms with E-state index in [9.17, 15) is 4.79 Å². The lowest BCUT2D eigenvalue weighted by Crippen LogP contribution is -2.40. The second-order valence-corrected chi connectivity index (χ2v) is 12.6. The highest BCUT2D eigenvalue weighted by Crippen LogP contribution is 2.56. The fraction of sp³-hybridized carbons (Fsp3) is 0.148. The highest BCUT2D eigenvalue weighted by Gasteiger charge is 2.43. The fourth-order valence-corrected chi connectivity index (χ4v) is 8.82. The predicted molar refractivity (Wildman–Crippen MR) is 138 cm³/mol. The number of aldehydes is 1. The molecule has 33 heavy (non-hydrogen) atoms. The van der Waals surface area contributed by atoms with E-state index in [0.29, 0.717) is 16.4 Å². The second-order valence-electron chi connectivity index (χ2n) is 8.18. The van der Waals surface area contributed by atoms with Crippen molar-refractivity contribution in [1.82, 2.24) is 4.67 Å². The molecule has 4 aromatic rings. The standard InChI is InChI=1S/C27H23ClNO2PS/c1-19-25(17-24(18-30)33-19)27-26-16-21(28)13-12-20(26)14-15-29(27)32(31,22-8-4-2-5-9-22)23-10-6-3-7-11-23/h2-13,16-18,27H,14-15H2,1H3/t27-/m0/s1. The van der Waals surface area contributed by atoms with Gasteiger partial charge < -0.3 is 0 Å². The first-order chi connectivity index (χ1) is 16.0. The summed E-state index contributed by atoms with van der Waals surface area (Å²) in [6.45, 7) is 2.66. The molecular formula is C27H23ClNO2PS. The van der Waals surface area contributed by atoms with Gasteiger partial charge in [-0.25, -0.2) is 4.67 Å². The third kappa shape index (κ3) is 3.92. The van der Waals surface area contributed by atoms with Crippen molar-refractivity contribution >= 4 is 47.1 Å². The largest absolute Gasteiger partial charge is 0.297 e. The molecule has 0 radical (unpaired) electrons. The van der Waals surface area contributed by atoms with Gasteiger partial charge in [0.25, 0.3) is 0 Å². The zero-order valence-corrected chi connectivity index (χ0v) is 20.6. The lowest BCUT2D eigenvalue weighted by atomic mass is 9.90. The summed E-state index contributed by atoms with van der Waals surface area (Å²) in [5, 5.41) is 2.25. The lowest BCUT2D eigenvalue weighted by Gasteiger charge is -2.42. The molecule has 1 aliphatic rings. The summed E-state index contributed by atoms with van der Waals surface area (Å²) in [4.78, 5) is 13.3. The van der Waals surface area contributed by atoms with E-state index in [2.05, 4.69) is 10.7 Å². The molecular weight excluding hydrogens is 469 g/mol. The average Bonchev–Trinajstić information content (AvgIpc) is 3.24. The van der Waals surface area contributed by atoms with E-state index >= 15 is 4.57 Å². The molecule has 3 nitrogen and oxygen atoms in total. The summed E-state index contributed by atoms with van der Waals surface area (Å²) >= 11 is 7.93. The number of benzene rings is 3. The number of nitrogens with zero attached hydrogens (tertiary/aromatic N) is 1. The molecule has 0 bridgehead atoms. The monoisotopic (exact) mass is 491 g/mol. The van der Waals surface area contributed by atoms with E-state index in [0.717, 1.165) is 39.3 Å². The topological polar surface area (TPSA) is 37.4 Å². The Morgan fingerprint density at radius 3 is 2.15 bits per heavy atom. The molecule has 0 saturated carbocycles. The zero-order valence-electron chi connectivity index (χ0n) is 18.1. The molecule has 0 N–H and O–H groups in total. The van der Waals surface area contributed by atoms with Gasteiger partial charge in [0.2, 0.25) is 7.29 Å². The Hall–Kier alpha value is -2.49. The van der Waals surface area contributed by atoms with Crippen molar-refractivity contribution in [2.75, 3.05) is 6.54 Å². The Morgan fingerprint density at radius 1 is 0.939 bits per heavy atom. The molecule has 5 rings (SSSR count). The summed E-state index contributed by atoms with van der Waals surface area (Å²) < 4.78 is 17.4. The van der Waals surface area contributed by atoms with Gasteiger partial charge in [-0.15, -0.1) is 11.3 Å². The molecule has 0 saturated heterocycles. The maximum atomic E-state index is 15.3. The van der Waals surface area contributed by atoms with Gasteiger partial charge >= 0.3 is 0 Å². The number of halogens is 1. The van der Waals surface area contributed by atoms with Crippen LogP contribution in [0.2, 0.25) is 5.02 Å². The Kier molecular flexibility index (Phi) is 6.11. The fourth-order valence-electron chi connectivity index (χ4n) is 4.76. The number of fused-ring (bicyclic) bond motifs is 1. The first kappa shape index (κ1) is 22.3. The first-order valence-electron chi connectivity index (χ1n) is 10.8. The van der Waals surface area contributed by atoms with Gasteiger partial charge in [0.05, 0.1) is 10.9 Å². The van der Waals surface area contributed by atoms with Crippen molar-refractivity contribution < 1.29 is 9.36 Å². The number of rotatable bonds is 5. The molecule has 2 heterocycles. The summed E-state index contributed by atoms with van der Waals surface area (Å²) in [5.41, 5.74) is 3.27. The van der Waals surface area contributed by atoms with Crippen LogP contribution in [0.5, 0.6) is 0 Å². The van der Waals surface area contributed by atoms with Crippen LogP contribution in [0.4, 0.5) is 0 Å². The smallest absolute Gasteiger partial charge is 0.208 e. The summed E-state index contributed by atoms with van der Waals surface area (Å²) in [5.74, 6) is 0. The number of carbonyl (C=O) groups excluding carboxylic acids is 1. The molecule has 1 aromatic heterocycles. The third-order valence-electron chi connectivity index (χ3n) is 6.27. The molecule has 0 amide bonds. The number of carbonyl (C=O) groups is 1. The quantitative estimate of drug-likeness (QED) is 0.239. The lowest BCUT2D eigenvalue weighted by molar-refractivity contribution is 0.112. The van der Waals surface area contributed by atoms with Gasteiger partial charge in [-0.2, -0.15) is 0 Å². The van der Waals surface area contributed by atoms with Crippen LogP contribution in [0.25, 0.3) is 0 Å². The third-order valence-corrected chi connectivity index (χ3v) is 10.6. The highest BCUT2D eigenvalue weighted by atomic mass is 35.5. The van der Waals surface area contributed by atoms with Crippen molar-refractivity contribution in [1.29, 1.82) is 0 Å². The van der Waals surface area contributed by atoms with Gasteiger partial charge in [-0.3, -0.25) is 9.36 Å². The Morgan fingerprint density at radius 2 is 1.58 bits per heavy atom. The SMILES string of the molecule is Cc1sc(C=O)cc1[C@H]1c2cc(Cl)ccc2CCN1P(=O)(c1ccccc1)c1ccccc1. The molecule has 1 atom stereocenters. The molecule has 166 valence electrons. The Labute approximate surface area is 203 Å². The van der Waals surface area contributed by atoms with Crippen molar-refractivity contribution in [3.63, 3.8) is 0 Å². The number of aryl methyl sites for hydroxylation is 1. The number of thiophene rings is 1. The molecule has 1 aliphatic heterocycles. The van der Waals surface area contributed by atoms with E-state index < -0.39 is 7.29 Å². The van der Waals surface area contributed by atoms with E-state index in [-0.39, 0.29) is 6.04 Å². The predicted octanol–water partition coefficient (Wildman–Crippen LogP) is 6.40. The van der Waals surface area contributed by atoms with Crippen LogP contribution in [0, 0.1) is 6.92 Å². The van der Waals surface area contributed by atoms with Crippen LogP contribution < -0.4 is 10.6 Å². The molecule has 0 unspecified atom stereocenters. The Balaban J connectivity index is 1.79. The van der Waals surface area contributed by atoms with Crippen LogP contribution in [0.15, 0.2) is 84.9 Å². The Bertz CT molecular complexity index is 1310. The maximum absolute atomic E-state index is 15.3. The van der Waals surface area contributed by atoms with Crippen LogP contribution in [-0.2, 0) is 11.0 Å². The molecule has 3 aromatic carbocycles. The van der Waals surface area contributed by atoms with Gasteiger partial charge in [0.1, 0.15) is 0 Å². The molecule has 6 heteroatoms. The highest BCUT2D eigenvalue weighted by molar-refractivity contribution is 7.76. The summed E-state index contributed by atoms with van der Waals surface area (Å²) in [7, 11) is -3.20. The van der Waals surface area contributed by atoms with Gasteiger partial charge in [-0.05, 0) is 72.5 Å². The second kappa shape index (κ2) is 9.04. The van der Waals surface area contributed by atoms with E-state index in [1.54, 1.807) is 0 Å². The normalized spacial score (nSPS) is 16.4. The summed E-state index contributed by atoms with van der Waals surface area (Å²) in [6, 6.07) is 27.1. The van der Waals surface area contributed by atoms with Gasteiger partial charge in [-0.1, -0.05) is 54.1 Å². The van der Waals surface area contributed by atoms with E-state index in [1.165, 1.54) is 16.9 Å². The molecule has 0 fully saturated rings. The average molecular weight is 492 g/mol. The van der Waals surface area contributed by atoms with Crippen LogP contribution in [-0.4, -0.2) is 17.5 Å². The first-order valence-corrected chi connectivity index (χ1v) is 13.7. The van der Waals surface area contributed by atoms with E-state index in [1.807, 2.05) is 85.8 Å². The summed E-state index contributed by atoms with van der Waals surface area (Å²) in [6.07, 6.45) is 1.66. The number of hydrogen-bond donors (Lipinski definition) is 0. The van der Waals surface area contributed by atoms with Crippen molar-refractivity contribution in [3.8, 4) is 0 Å². The van der Waals surface area contributed by atoms with Crippen LogP contribution >= 0.6 is 30.2 Å². The number of hydrogen-bond acceptors (Lipinski definition) is 3. The molecule has 0 spiro atoms. The van der Waals surface area contributed by atoms with Crippen molar-refractivity contribution in [2.45, 2.75) is 19.4 Å². The van der Waals surface area contributed by atoms with Crippen molar-refractivity contribution in [3.05, 3.63) is 116 Å². The van der Waals surface area contributed by atoms with E-state index in [4.69, 9.17) is 11.6 Å². The minimum absolute atomic E-state index is 0.274. The molecule has 0 aliphatic carbocycles. The maximum Gasteiger partial charge on any atom is 0.208 e. The minimum atomic E-state index is -3.20. The van der Waals surface area contributed by atoms with Crippen LogP contribution in [0.3, 0.4) is 0 Å². The minimum Gasteiger partial charge on any atom is -0.297 e. The zero-order chi connectivity index (χ0) is 23.0. The van der Waals surface area contributed by atoms with Gasteiger partial charge in [0.15, 0.2) is 6.29 Å². The van der Waals surface area contributed by atoms with Crippen molar-refractivity contribution in [2.24, 2.45) is 0 Å².